The molecule has 0 aliphatic heterocycles. The first-order valence-corrected chi connectivity index (χ1v) is 5.80. The van der Waals surface area contributed by atoms with Crippen molar-refractivity contribution in [1.29, 1.82) is 0 Å². The first-order chi connectivity index (χ1) is 7.59. The van der Waals surface area contributed by atoms with Crippen LogP contribution in [0.5, 0.6) is 0 Å². The van der Waals surface area contributed by atoms with Crippen LogP contribution in [0.25, 0.3) is 0 Å². The van der Waals surface area contributed by atoms with Crippen LogP contribution in [0.2, 0.25) is 0 Å². The summed E-state index contributed by atoms with van der Waals surface area (Å²) in [6, 6.07) is 3.68. The summed E-state index contributed by atoms with van der Waals surface area (Å²) in [5, 5.41) is 2.98. The fourth-order valence-electron chi connectivity index (χ4n) is 1.47. The van der Waals surface area contributed by atoms with E-state index in [1.54, 1.807) is 24.5 Å². The van der Waals surface area contributed by atoms with Crippen LogP contribution in [0.4, 0.5) is 0 Å². The van der Waals surface area contributed by atoms with Gasteiger partial charge in [0.15, 0.2) is 0 Å². The molecule has 1 heterocycles. The van der Waals surface area contributed by atoms with Gasteiger partial charge in [-0.1, -0.05) is 13.8 Å². The van der Waals surface area contributed by atoms with Crippen LogP contribution >= 0.6 is 0 Å². The van der Waals surface area contributed by atoms with Crippen LogP contribution in [0, 0.1) is 5.92 Å². The largest absolute Gasteiger partial charge is 0.350 e. The molecule has 1 atom stereocenters. The highest BCUT2D eigenvalue weighted by Gasteiger charge is 2.09. The van der Waals surface area contributed by atoms with Crippen molar-refractivity contribution in [3.05, 3.63) is 30.1 Å². The number of hydrogen-bond acceptors (Lipinski definition) is 2. The Bertz CT molecular complexity index is 322. The summed E-state index contributed by atoms with van der Waals surface area (Å²) in [6.07, 6.45) is 5.42. The topological polar surface area (TPSA) is 42.0 Å². The third-order valence-electron chi connectivity index (χ3n) is 2.50. The molecule has 0 saturated carbocycles. The number of nitrogens with zero attached hydrogens (tertiary/aromatic N) is 1. The third-order valence-corrected chi connectivity index (χ3v) is 2.50. The van der Waals surface area contributed by atoms with Crippen molar-refractivity contribution in [1.82, 2.24) is 10.3 Å². The lowest BCUT2D eigenvalue weighted by molar-refractivity contribution is 0.0937. The maximum absolute atomic E-state index is 11.8. The van der Waals surface area contributed by atoms with Crippen LogP contribution in [0.15, 0.2) is 24.5 Å². The molecule has 88 valence electrons. The van der Waals surface area contributed by atoms with Gasteiger partial charge in [-0.3, -0.25) is 9.78 Å². The summed E-state index contributed by atoms with van der Waals surface area (Å²) in [6.45, 7) is 6.43. The summed E-state index contributed by atoms with van der Waals surface area (Å²) >= 11 is 0. The highest BCUT2D eigenvalue weighted by molar-refractivity contribution is 5.94. The second kappa shape index (κ2) is 6.26. The molecular formula is C13H20N2O. The van der Waals surface area contributed by atoms with Crippen LogP contribution in [-0.2, 0) is 0 Å². The van der Waals surface area contributed by atoms with Gasteiger partial charge in [0, 0.05) is 24.0 Å². The van der Waals surface area contributed by atoms with Crippen LogP contribution < -0.4 is 5.32 Å². The second-order valence-corrected chi connectivity index (χ2v) is 4.58. The van der Waals surface area contributed by atoms with Crippen LogP contribution in [0.1, 0.15) is 44.0 Å². The van der Waals surface area contributed by atoms with Gasteiger partial charge in [-0.2, -0.15) is 0 Å². The molecule has 16 heavy (non-hydrogen) atoms. The van der Waals surface area contributed by atoms with Gasteiger partial charge in [0.05, 0.1) is 0 Å². The van der Waals surface area contributed by atoms with E-state index in [9.17, 15) is 4.79 Å². The fraction of sp³-hybridized carbons (Fsp3) is 0.538. The molecule has 1 N–H and O–H groups in total. The smallest absolute Gasteiger partial charge is 0.251 e. The van der Waals surface area contributed by atoms with E-state index in [1.807, 2.05) is 6.92 Å². The van der Waals surface area contributed by atoms with Crippen molar-refractivity contribution >= 4 is 5.91 Å². The standard InChI is InChI=1S/C13H20N2O/c1-10(2)4-5-11(3)15-13(16)12-6-8-14-9-7-12/h6-11H,4-5H2,1-3H3,(H,15,16)/t11-/m0/s1. The molecule has 0 aromatic carbocycles. The van der Waals surface area contributed by atoms with Crippen LogP contribution in [-0.4, -0.2) is 16.9 Å². The number of carbonyl (C=O) groups excluding carboxylic acids is 1. The van der Waals surface area contributed by atoms with E-state index in [0.717, 1.165) is 12.8 Å². The minimum Gasteiger partial charge on any atom is -0.350 e. The molecule has 1 amide bonds. The Morgan fingerprint density at radius 1 is 1.25 bits per heavy atom. The van der Waals surface area contributed by atoms with Gasteiger partial charge in [-0.25, -0.2) is 0 Å². The Balaban J connectivity index is 2.40. The number of hydrogen-bond donors (Lipinski definition) is 1. The Hall–Kier alpha value is -1.38. The molecule has 0 radical (unpaired) electrons. The lowest BCUT2D eigenvalue weighted by Crippen LogP contribution is -2.32. The zero-order valence-electron chi connectivity index (χ0n) is 10.2. The van der Waals surface area contributed by atoms with Crippen molar-refractivity contribution in [3.63, 3.8) is 0 Å². The summed E-state index contributed by atoms with van der Waals surface area (Å²) < 4.78 is 0. The molecule has 3 nitrogen and oxygen atoms in total. The van der Waals surface area contributed by atoms with E-state index in [1.165, 1.54) is 0 Å². The molecule has 0 spiro atoms. The minimum atomic E-state index is -0.0151. The molecule has 1 aromatic heterocycles. The summed E-state index contributed by atoms with van der Waals surface area (Å²) in [4.78, 5) is 15.6. The van der Waals surface area contributed by atoms with Gasteiger partial charge in [0.25, 0.3) is 5.91 Å². The molecule has 0 fully saturated rings. The summed E-state index contributed by atoms with van der Waals surface area (Å²) in [5.41, 5.74) is 0.673. The SMILES string of the molecule is CC(C)CC[C@H](C)NC(=O)c1ccncc1. The van der Waals surface area contributed by atoms with E-state index in [2.05, 4.69) is 24.1 Å². The lowest BCUT2D eigenvalue weighted by atomic mass is 10.0. The maximum Gasteiger partial charge on any atom is 0.251 e. The quantitative estimate of drug-likeness (QED) is 0.828. The van der Waals surface area contributed by atoms with Crippen LogP contribution in [0.3, 0.4) is 0 Å². The fourth-order valence-corrected chi connectivity index (χ4v) is 1.47. The monoisotopic (exact) mass is 220 g/mol. The Morgan fingerprint density at radius 3 is 2.44 bits per heavy atom. The van der Waals surface area contributed by atoms with E-state index in [4.69, 9.17) is 0 Å². The van der Waals surface area contributed by atoms with Gasteiger partial charge in [0.1, 0.15) is 0 Å². The Kier molecular flexibility index (Phi) is 4.96. The third kappa shape index (κ3) is 4.43. The van der Waals surface area contributed by atoms with Gasteiger partial charge < -0.3 is 5.32 Å². The predicted octanol–water partition coefficient (Wildman–Crippen LogP) is 2.64. The van der Waals surface area contributed by atoms with E-state index < -0.39 is 0 Å². The van der Waals surface area contributed by atoms with Gasteiger partial charge >= 0.3 is 0 Å². The summed E-state index contributed by atoms with van der Waals surface area (Å²) in [7, 11) is 0. The Labute approximate surface area is 97.3 Å². The average Bonchev–Trinajstić information content (AvgIpc) is 2.27. The highest BCUT2D eigenvalue weighted by atomic mass is 16.1. The number of aromatic nitrogens is 1. The van der Waals surface area contributed by atoms with E-state index in [-0.39, 0.29) is 11.9 Å². The van der Waals surface area contributed by atoms with Crippen molar-refractivity contribution < 1.29 is 4.79 Å². The number of rotatable bonds is 5. The molecular weight excluding hydrogens is 200 g/mol. The average molecular weight is 220 g/mol. The first-order valence-electron chi connectivity index (χ1n) is 5.80. The number of amides is 1. The van der Waals surface area contributed by atoms with E-state index in [0.29, 0.717) is 11.5 Å². The zero-order chi connectivity index (χ0) is 12.0. The maximum atomic E-state index is 11.8. The number of carbonyl (C=O) groups is 1. The summed E-state index contributed by atoms with van der Waals surface area (Å²) in [5.74, 6) is 0.666. The van der Waals surface area contributed by atoms with Crippen molar-refractivity contribution in [2.24, 2.45) is 5.92 Å². The van der Waals surface area contributed by atoms with Crippen molar-refractivity contribution in [2.75, 3.05) is 0 Å². The van der Waals surface area contributed by atoms with Crippen molar-refractivity contribution in [2.45, 2.75) is 39.7 Å². The molecule has 1 rings (SSSR count). The molecule has 0 aliphatic carbocycles. The molecule has 0 bridgehead atoms. The minimum absolute atomic E-state index is 0.0151. The van der Waals surface area contributed by atoms with Gasteiger partial charge in [-0.05, 0) is 37.8 Å². The van der Waals surface area contributed by atoms with Crippen molar-refractivity contribution in [3.8, 4) is 0 Å². The Morgan fingerprint density at radius 2 is 1.88 bits per heavy atom. The predicted molar refractivity (Wildman–Crippen MR) is 65.2 cm³/mol. The first kappa shape index (κ1) is 12.7. The van der Waals surface area contributed by atoms with Gasteiger partial charge in [-0.15, -0.1) is 0 Å². The van der Waals surface area contributed by atoms with E-state index >= 15 is 0 Å². The molecule has 0 aliphatic rings. The number of nitrogens with one attached hydrogen (secondary N) is 1. The number of pyridine rings is 1. The molecule has 0 saturated heterocycles. The molecule has 0 unspecified atom stereocenters. The van der Waals surface area contributed by atoms with Gasteiger partial charge in [0.2, 0.25) is 0 Å². The normalized spacial score (nSPS) is 12.5. The highest BCUT2D eigenvalue weighted by Crippen LogP contribution is 2.07. The molecule has 3 heteroatoms. The zero-order valence-corrected chi connectivity index (χ0v) is 10.2. The second-order valence-electron chi connectivity index (χ2n) is 4.58. The molecule has 1 aromatic rings. The lowest BCUT2D eigenvalue weighted by Gasteiger charge is -2.14.